The normalized spacial score (nSPS) is 21.1. The second-order valence-corrected chi connectivity index (χ2v) is 5.53. The Labute approximate surface area is 123 Å². The van der Waals surface area contributed by atoms with Crippen LogP contribution in [0.2, 0.25) is 0 Å². The van der Waals surface area contributed by atoms with Crippen molar-refractivity contribution in [2.75, 3.05) is 33.7 Å². The van der Waals surface area contributed by atoms with Gasteiger partial charge in [0.05, 0.1) is 0 Å². The van der Waals surface area contributed by atoms with Crippen molar-refractivity contribution in [2.45, 2.75) is 19.0 Å². The Balaban J connectivity index is 2.26. The first-order valence-electron chi connectivity index (χ1n) is 7.04. The van der Waals surface area contributed by atoms with E-state index in [1.165, 1.54) is 12.1 Å². The molecule has 0 bridgehead atoms. The van der Waals surface area contributed by atoms with Crippen LogP contribution in [0.1, 0.15) is 18.5 Å². The van der Waals surface area contributed by atoms with Gasteiger partial charge in [-0.15, -0.1) is 0 Å². The van der Waals surface area contributed by atoms with Crippen molar-refractivity contribution in [3.8, 4) is 0 Å². The van der Waals surface area contributed by atoms with Crippen molar-refractivity contribution < 1.29 is 13.6 Å². The minimum Gasteiger partial charge on any atom is -0.347 e. The van der Waals surface area contributed by atoms with Crippen molar-refractivity contribution in [3.63, 3.8) is 0 Å². The standard InChI is InChI=1S/C15H21F2N3O/c1-10(12-5-4-11(16)8-13(12)17)20-7-6-18-9-14(20)15(21)19(2)3/h4-5,8,10,14,18H,6-7,9H2,1-3H3. The molecule has 1 aromatic carbocycles. The third kappa shape index (κ3) is 3.39. The zero-order valence-corrected chi connectivity index (χ0v) is 12.6. The Bertz CT molecular complexity index is 522. The molecule has 0 aliphatic carbocycles. The van der Waals surface area contributed by atoms with E-state index in [1.54, 1.807) is 19.0 Å². The van der Waals surface area contributed by atoms with Crippen molar-refractivity contribution in [2.24, 2.45) is 0 Å². The second kappa shape index (κ2) is 6.49. The number of rotatable bonds is 3. The summed E-state index contributed by atoms with van der Waals surface area (Å²) in [6, 6.07) is 2.96. The Morgan fingerprint density at radius 2 is 2.14 bits per heavy atom. The fourth-order valence-corrected chi connectivity index (χ4v) is 2.73. The molecule has 0 saturated carbocycles. The van der Waals surface area contributed by atoms with Crippen LogP contribution < -0.4 is 5.32 Å². The summed E-state index contributed by atoms with van der Waals surface area (Å²) >= 11 is 0. The molecule has 1 heterocycles. The number of benzene rings is 1. The molecule has 2 rings (SSSR count). The Morgan fingerprint density at radius 1 is 1.43 bits per heavy atom. The number of halogens is 2. The minimum absolute atomic E-state index is 0.0171. The van der Waals surface area contributed by atoms with E-state index in [2.05, 4.69) is 5.32 Å². The van der Waals surface area contributed by atoms with Crippen molar-refractivity contribution in [3.05, 3.63) is 35.4 Å². The number of likely N-dealkylation sites (N-methyl/N-ethyl adjacent to an activating group) is 1. The van der Waals surface area contributed by atoms with E-state index in [0.717, 1.165) is 12.6 Å². The van der Waals surface area contributed by atoms with E-state index < -0.39 is 11.6 Å². The van der Waals surface area contributed by atoms with Gasteiger partial charge in [0.15, 0.2) is 0 Å². The van der Waals surface area contributed by atoms with Crippen molar-refractivity contribution in [1.29, 1.82) is 0 Å². The number of nitrogens with zero attached hydrogens (tertiary/aromatic N) is 2. The van der Waals surface area contributed by atoms with Gasteiger partial charge < -0.3 is 10.2 Å². The summed E-state index contributed by atoms with van der Waals surface area (Å²) in [4.78, 5) is 15.8. The molecule has 0 aromatic heterocycles. The first-order chi connectivity index (χ1) is 9.91. The second-order valence-electron chi connectivity index (χ2n) is 5.53. The van der Waals surface area contributed by atoms with E-state index in [1.807, 2.05) is 11.8 Å². The monoisotopic (exact) mass is 297 g/mol. The summed E-state index contributed by atoms with van der Waals surface area (Å²) in [6.45, 7) is 3.76. The molecule has 0 spiro atoms. The summed E-state index contributed by atoms with van der Waals surface area (Å²) in [7, 11) is 3.41. The van der Waals surface area contributed by atoms with Crippen LogP contribution in [0.25, 0.3) is 0 Å². The average Bonchev–Trinajstić information content (AvgIpc) is 2.45. The zero-order chi connectivity index (χ0) is 15.6. The minimum atomic E-state index is -0.593. The maximum atomic E-state index is 14.0. The van der Waals surface area contributed by atoms with Gasteiger partial charge in [-0.2, -0.15) is 0 Å². The number of hydrogen-bond donors (Lipinski definition) is 1. The van der Waals surface area contributed by atoms with Crippen molar-refractivity contribution in [1.82, 2.24) is 15.1 Å². The van der Waals surface area contributed by atoms with Gasteiger partial charge in [-0.1, -0.05) is 6.07 Å². The number of carbonyl (C=O) groups is 1. The highest BCUT2D eigenvalue weighted by Gasteiger charge is 2.34. The summed E-state index contributed by atoms with van der Waals surface area (Å²) in [5.41, 5.74) is 0.412. The van der Waals surface area contributed by atoms with Gasteiger partial charge in [0.2, 0.25) is 5.91 Å². The van der Waals surface area contributed by atoms with E-state index in [9.17, 15) is 13.6 Å². The lowest BCUT2D eigenvalue weighted by Crippen LogP contribution is -2.58. The Kier molecular flexibility index (Phi) is 4.90. The van der Waals surface area contributed by atoms with Crippen LogP contribution in [-0.2, 0) is 4.79 Å². The van der Waals surface area contributed by atoms with Crippen LogP contribution in [0.5, 0.6) is 0 Å². The summed E-state index contributed by atoms with van der Waals surface area (Å²) in [5.74, 6) is -1.18. The van der Waals surface area contributed by atoms with E-state index in [4.69, 9.17) is 0 Å². The molecular weight excluding hydrogens is 276 g/mol. The number of hydrogen-bond acceptors (Lipinski definition) is 3. The third-order valence-corrected chi connectivity index (χ3v) is 3.92. The molecular formula is C15H21F2N3O. The quantitative estimate of drug-likeness (QED) is 0.916. The summed E-state index contributed by atoms with van der Waals surface area (Å²) in [5, 5.41) is 3.19. The predicted octanol–water partition coefficient (Wildman–Crippen LogP) is 1.39. The molecule has 1 saturated heterocycles. The van der Waals surface area contributed by atoms with Gasteiger partial charge in [-0.25, -0.2) is 8.78 Å². The third-order valence-electron chi connectivity index (χ3n) is 3.92. The maximum absolute atomic E-state index is 14.0. The highest BCUT2D eigenvalue weighted by atomic mass is 19.1. The van der Waals surface area contributed by atoms with Gasteiger partial charge in [-0.3, -0.25) is 9.69 Å². The molecule has 21 heavy (non-hydrogen) atoms. The summed E-state index contributed by atoms with van der Waals surface area (Å²) < 4.78 is 27.0. The number of carbonyl (C=O) groups excluding carboxylic acids is 1. The molecule has 1 aromatic rings. The van der Waals surface area contributed by atoms with Crippen LogP contribution in [-0.4, -0.2) is 55.5 Å². The first-order valence-corrected chi connectivity index (χ1v) is 7.04. The fourth-order valence-electron chi connectivity index (χ4n) is 2.73. The van der Waals surface area contributed by atoms with E-state index in [0.29, 0.717) is 18.7 Å². The topological polar surface area (TPSA) is 35.6 Å². The molecule has 2 unspecified atom stereocenters. The molecule has 1 N–H and O–H groups in total. The van der Waals surface area contributed by atoms with Crippen LogP contribution in [0, 0.1) is 11.6 Å². The lowest BCUT2D eigenvalue weighted by molar-refractivity contribution is -0.136. The SMILES string of the molecule is CC(c1ccc(F)cc1F)N1CCNCC1C(=O)N(C)C. The first kappa shape index (κ1) is 15.9. The highest BCUT2D eigenvalue weighted by molar-refractivity contribution is 5.81. The molecule has 0 radical (unpaired) electrons. The van der Waals surface area contributed by atoms with Crippen LogP contribution >= 0.6 is 0 Å². The number of piperazine rings is 1. The van der Waals surface area contributed by atoms with Gasteiger partial charge in [-0.05, 0) is 13.0 Å². The molecule has 1 aliphatic rings. The predicted molar refractivity (Wildman–Crippen MR) is 76.8 cm³/mol. The average molecular weight is 297 g/mol. The Hall–Kier alpha value is -1.53. The molecule has 1 aliphatic heterocycles. The Morgan fingerprint density at radius 3 is 2.76 bits per heavy atom. The lowest BCUT2D eigenvalue weighted by Gasteiger charge is -2.40. The highest BCUT2D eigenvalue weighted by Crippen LogP contribution is 2.26. The van der Waals surface area contributed by atoms with E-state index >= 15 is 0 Å². The van der Waals surface area contributed by atoms with Crippen LogP contribution in [0.15, 0.2) is 18.2 Å². The molecule has 2 atom stereocenters. The molecule has 4 nitrogen and oxygen atoms in total. The molecule has 6 heteroatoms. The van der Waals surface area contributed by atoms with Crippen LogP contribution in [0.4, 0.5) is 8.78 Å². The molecule has 1 fully saturated rings. The maximum Gasteiger partial charge on any atom is 0.240 e. The smallest absolute Gasteiger partial charge is 0.240 e. The summed E-state index contributed by atoms with van der Waals surface area (Å²) in [6.07, 6.45) is 0. The lowest BCUT2D eigenvalue weighted by atomic mass is 10.0. The van der Waals surface area contributed by atoms with Crippen molar-refractivity contribution >= 4 is 5.91 Å². The molecule has 1 amide bonds. The van der Waals surface area contributed by atoms with Gasteiger partial charge in [0.1, 0.15) is 17.7 Å². The van der Waals surface area contributed by atoms with Gasteiger partial charge >= 0.3 is 0 Å². The fraction of sp³-hybridized carbons (Fsp3) is 0.533. The number of amides is 1. The largest absolute Gasteiger partial charge is 0.347 e. The van der Waals surface area contributed by atoms with Gasteiger partial charge in [0.25, 0.3) is 0 Å². The molecule has 116 valence electrons. The number of nitrogens with one attached hydrogen (secondary N) is 1. The van der Waals surface area contributed by atoms with Gasteiger partial charge in [0, 0.05) is 51.4 Å². The van der Waals surface area contributed by atoms with E-state index in [-0.39, 0.29) is 18.0 Å². The van der Waals surface area contributed by atoms with Crippen LogP contribution in [0.3, 0.4) is 0 Å². The zero-order valence-electron chi connectivity index (χ0n) is 12.6.